The number of rotatable bonds is 1. The molecular formula is C8H6S4. The van der Waals surface area contributed by atoms with Gasteiger partial charge in [0, 0.05) is 20.0 Å². The normalized spacial score (nSPS) is 10.5. The molecule has 0 N–H and O–H groups in total. The van der Waals surface area contributed by atoms with Crippen LogP contribution in [0.5, 0.6) is 0 Å². The van der Waals surface area contributed by atoms with Crippen molar-refractivity contribution in [1.82, 2.24) is 0 Å². The van der Waals surface area contributed by atoms with Gasteiger partial charge < -0.3 is 0 Å². The Morgan fingerprint density at radius 3 is 2.50 bits per heavy atom. The highest BCUT2D eigenvalue weighted by molar-refractivity contribution is 7.84. The molecule has 0 spiro atoms. The molecule has 2 aromatic heterocycles. The molecule has 0 bridgehead atoms. The lowest BCUT2D eigenvalue weighted by atomic mass is 10.4. The molecule has 0 nitrogen and oxygen atoms in total. The predicted octanol–water partition coefficient (Wildman–Crippen LogP) is 4.05. The molecule has 12 heavy (non-hydrogen) atoms. The minimum atomic E-state index is 0.965. The van der Waals surface area contributed by atoms with E-state index in [0.29, 0.717) is 0 Å². The summed E-state index contributed by atoms with van der Waals surface area (Å²) in [6.45, 7) is 0. The van der Waals surface area contributed by atoms with Crippen LogP contribution in [0.3, 0.4) is 0 Å². The molecule has 0 amide bonds. The molecule has 0 aliphatic rings. The van der Waals surface area contributed by atoms with Crippen LogP contribution >= 0.6 is 47.9 Å². The first kappa shape index (κ1) is 8.69. The van der Waals surface area contributed by atoms with Gasteiger partial charge in [-0.3, -0.25) is 0 Å². The highest BCUT2D eigenvalue weighted by Gasteiger charge is 2.07. The molecule has 0 aliphatic heterocycles. The van der Waals surface area contributed by atoms with E-state index in [1.165, 1.54) is 9.75 Å². The number of thiol groups is 2. The molecule has 0 aromatic carbocycles. The van der Waals surface area contributed by atoms with E-state index >= 15 is 0 Å². The molecule has 0 unspecified atom stereocenters. The fourth-order valence-corrected chi connectivity index (χ4v) is 3.49. The van der Waals surface area contributed by atoms with Crippen molar-refractivity contribution in [2.24, 2.45) is 0 Å². The summed E-state index contributed by atoms with van der Waals surface area (Å²) in [6, 6.07) is 4.15. The van der Waals surface area contributed by atoms with Gasteiger partial charge in [-0.15, -0.1) is 47.9 Å². The van der Waals surface area contributed by atoms with Crippen molar-refractivity contribution in [3.05, 3.63) is 22.9 Å². The Hall–Kier alpha value is 0.1000. The van der Waals surface area contributed by atoms with Gasteiger partial charge >= 0.3 is 0 Å². The largest absolute Gasteiger partial charge is 0.143 e. The second-order valence-electron chi connectivity index (χ2n) is 2.28. The molecule has 62 valence electrons. The predicted molar refractivity (Wildman–Crippen MR) is 62.1 cm³/mol. The van der Waals surface area contributed by atoms with Gasteiger partial charge in [-0.05, 0) is 11.4 Å². The highest BCUT2D eigenvalue weighted by Crippen LogP contribution is 2.39. The van der Waals surface area contributed by atoms with E-state index in [2.05, 4.69) is 36.7 Å². The van der Waals surface area contributed by atoms with Crippen molar-refractivity contribution in [3.8, 4) is 9.75 Å². The van der Waals surface area contributed by atoms with Gasteiger partial charge in [0.15, 0.2) is 0 Å². The second-order valence-corrected chi connectivity index (χ2v) is 5.03. The van der Waals surface area contributed by atoms with E-state index in [9.17, 15) is 0 Å². The van der Waals surface area contributed by atoms with Crippen molar-refractivity contribution in [3.63, 3.8) is 0 Å². The average molecular weight is 230 g/mol. The Morgan fingerprint density at radius 1 is 1.17 bits per heavy atom. The molecule has 0 atom stereocenters. The molecule has 2 rings (SSSR count). The first-order chi connectivity index (χ1) is 5.79. The van der Waals surface area contributed by atoms with E-state index in [0.717, 1.165) is 9.79 Å². The minimum absolute atomic E-state index is 0.965. The topological polar surface area (TPSA) is 0 Å². The van der Waals surface area contributed by atoms with Crippen molar-refractivity contribution in [2.45, 2.75) is 9.79 Å². The van der Waals surface area contributed by atoms with Crippen molar-refractivity contribution < 1.29 is 0 Å². The van der Waals surface area contributed by atoms with Gasteiger partial charge in [0.1, 0.15) is 0 Å². The summed E-state index contributed by atoms with van der Waals surface area (Å²) in [5.41, 5.74) is 0. The summed E-state index contributed by atoms with van der Waals surface area (Å²) in [7, 11) is 0. The quantitative estimate of drug-likeness (QED) is 0.678. The van der Waals surface area contributed by atoms with Crippen LogP contribution in [0.4, 0.5) is 0 Å². The standard InChI is InChI=1S/C8H6S4/c9-5-4-12-8(7(5)10)6-2-1-3-11-6/h1-4,9-10H. The minimum Gasteiger partial charge on any atom is -0.143 e. The van der Waals surface area contributed by atoms with Crippen molar-refractivity contribution >= 4 is 47.9 Å². The van der Waals surface area contributed by atoms with Crippen LogP contribution in [0.2, 0.25) is 0 Å². The molecular weight excluding hydrogens is 224 g/mol. The lowest BCUT2D eigenvalue weighted by Crippen LogP contribution is -1.64. The van der Waals surface area contributed by atoms with E-state index < -0.39 is 0 Å². The molecule has 2 heterocycles. The third-order valence-corrected chi connectivity index (χ3v) is 4.84. The zero-order valence-corrected chi connectivity index (χ0v) is 9.44. The van der Waals surface area contributed by atoms with Crippen LogP contribution in [-0.2, 0) is 0 Å². The summed E-state index contributed by atoms with van der Waals surface area (Å²) >= 11 is 12.1. The summed E-state index contributed by atoms with van der Waals surface area (Å²) in [6.07, 6.45) is 0. The van der Waals surface area contributed by atoms with Crippen LogP contribution < -0.4 is 0 Å². The molecule has 0 saturated carbocycles. The van der Waals surface area contributed by atoms with Crippen molar-refractivity contribution in [2.75, 3.05) is 0 Å². The molecule has 0 fully saturated rings. The Kier molecular flexibility index (Phi) is 2.50. The maximum atomic E-state index is 4.39. The molecule has 4 heteroatoms. The van der Waals surface area contributed by atoms with E-state index in [4.69, 9.17) is 0 Å². The van der Waals surface area contributed by atoms with Crippen LogP contribution in [0.25, 0.3) is 9.75 Å². The maximum absolute atomic E-state index is 4.39. The zero-order valence-electron chi connectivity index (χ0n) is 6.02. The van der Waals surface area contributed by atoms with Gasteiger partial charge in [-0.1, -0.05) is 6.07 Å². The lowest BCUT2D eigenvalue weighted by Gasteiger charge is -1.92. The summed E-state index contributed by atoms with van der Waals surface area (Å²) < 4.78 is 0. The molecule has 0 aliphatic carbocycles. The fourth-order valence-electron chi connectivity index (χ4n) is 0.925. The number of thiophene rings is 2. The maximum Gasteiger partial charge on any atom is 0.0587 e. The number of hydrogen-bond acceptors (Lipinski definition) is 4. The summed E-state index contributed by atoms with van der Waals surface area (Å²) in [5.74, 6) is 0. The van der Waals surface area contributed by atoms with E-state index in [1.807, 2.05) is 11.4 Å². The first-order valence-corrected chi connectivity index (χ1v) is 5.97. The SMILES string of the molecule is Sc1csc(-c2cccs2)c1S. The van der Waals surface area contributed by atoms with Crippen molar-refractivity contribution in [1.29, 1.82) is 0 Å². The second kappa shape index (κ2) is 3.46. The Morgan fingerprint density at radius 2 is 2.00 bits per heavy atom. The Bertz CT molecular complexity index is 372. The van der Waals surface area contributed by atoms with E-state index in [1.54, 1.807) is 22.7 Å². The fraction of sp³-hybridized carbons (Fsp3) is 0. The average Bonchev–Trinajstić information content (AvgIpc) is 2.64. The smallest absolute Gasteiger partial charge is 0.0587 e. The monoisotopic (exact) mass is 230 g/mol. The van der Waals surface area contributed by atoms with Gasteiger partial charge in [0.25, 0.3) is 0 Å². The third-order valence-electron chi connectivity index (χ3n) is 1.49. The van der Waals surface area contributed by atoms with Gasteiger partial charge in [-0.2, -0.15) is 0 Å². The third kappa shape index (κ3) is 1.44. The van der Waals surface area contributed by atoms with Gasteiger partial charge in [-0.25, -0.2) is 0 Å². The lowest BCUT2D eigenvalue weighted by molar-refractivity contribution is 1.37. The van der Waals surface area contributed by atoms with Crippen LogP contribution in [0.15, 0.2) is 32.7 Å². The Balaban J connectivity index is 2.55. The first-order valence-electron chi connectivity index (χ1n) is 3.32. The van der Waals surface area contributed by atoms with E-state index in [-0.39, 0.29) is 0 Å². The van der Waals surface area contributed by atoms with Crippen LogP contribution in [-0.4, -0.2) is 0 Å². The Labute approximate surface area is 90.1 Å². The van der Waals surface area contributed by atoms with Gasteiger partial charge in [0.2, 0.25) is 0 Å². The zero-order chi connectivity index (χ0) is 8.55. The van der Waals surface area contributed by atoms with Crippen LogP contribution in [0.1, 0.15) is 0 Å². The molecule has 2 aromatic rings. The molecule has 0 saturated heterocycles. The number of hydrogen-bond donors (Lipinski definition) is 2. The highest BCUT2D eigenvalue weighted by atomic mass is 32.1. The summed E-state index contributed by atoms with van der Waals surface area (Å²) in [4.78, 5) is 4.45. The van der Waals surface area contributed by atoms with Crippen LogP contribution in [0, 0.1) is 0 Å². The molecule has 0 radical (unpaired) electrons. The van der Waals surface area contributed by atoms with Gasteiger partial charge in [0.05, 0.1) is 4.88 Å². The summed E-state index contributed by atoms with van der Waals surface area (Å²) in [5, 5.41) is 4.08.